The lowest BCUT2D eigenvalue weighted by atomic mass is 10.1. The summed E-state index contributed by atoms with van der Waals surface area (Å²) in [5.41, 5.74) is 1.59. The van der Waals surface area contributed by atoms with Crippen molar-refractivity contribution in [2.24, 2.45) is 0 Å². The van der Waals surface area contributed by atoms with Crippen molar-refractivity contribution in [2.45, 2.75) is 70.9 Å². The maximum absolute atomic E-state index is 13.7. The first-order chi connectivity index (χ1) is 17.2. The largest absolute Gasteiger partial charge is 0.497 e. The number of nitrogens with zero attached hydrogens (tertiary/aromatic N) is 3. The molecule has 4 rings (SSSR count). The van der Waals surface area contributed by atoms with Crippen molar-refractivity contribution in [2.75, 3.05) is 40.5 Å². The van der Waals surface area contributed by atoms with Crippen molar-refractivity contribution in [1.82, 2.24) is 14.4 Å². The van der Waals surface area contributed by atoms with Crippen LogP contribution in [0, 0.1) is 0 Å². The van der Waals surface area contributed by atoms with E-state index in [2.05, 4.69) is 16.8 Å². The van der Waals surface area contributed by atoms with Crippen LogP contribution >= 0.6 is 0 Å². The summed E-state index contributed by atoms with van der Waals surface area (Å²) in [6, 6.07) is 6.25. The number of ether oxygens (including phenoxy) is 4. The van der Waals surface area contributed by atoms with E-state index in [-0.39, 0.29) is 18.5 Å². The summed E-state index contributed by atoms with van der Waals surface area (Å²) < 4.78 is 24.3. The van der Waals surface area contributed by atoms with E-state index in [1.54, 1.807) is 19.1 Å². The second-order valence-electron chi connectivity index (χ2n) is 10.6. The molecule has 0 bridgehead atoms. The number of rotatable bonds is 9. The first-order valence-corrected chi connectivity index (χ1v) is 12.7. The summed E-state index contributed by atoms with van der Waals surface area (Å²) in [7, 11) is 3.37. The molecule has 0 radical (unpaired) electrons. The van der Waals surface area contributed by atoms with Crippen LogP contribution in [0.2, 0.25) is 0 Å². The van der Waals surface area contributed by atoms with Gasteiger partial charge in [-0.05, 0) is 63.8 Å². The molecule has 198 valence electrons. The van der Waals surface area contributed by atoms with Crippen molar-refractivity contribution in [3.05, 3.63) is 30.0 Å². The van der Waals surface area contributed by atoms with Gasteiger partial charge in [-0.15, -0.1) is 0 Å². The monoisotopic (exact) mass is 501 g/mol. The van der Waals surface area contributed by atoms with Crippen LogP contribution in [0.1, 0.15) is 45.6 Å². The van der Waals surface area contributed by atoms with E-state index in [9.17, 15) is 9.59 Å². The van der Waals surface area contributed by atoms with Gasteiger partial charge in [-0.1, -0.05) is 0 Å². The van der Waals surface area contributed by atoms with Crippen LogP contribution in [0.25, 0.3) is 10.9 Å². The number of carbonyl (C=O) groups excluding carboxylic acids is 2. The molecule has 2 amide bonds. The second-order valence-corrected chi connectivity index (χ2v) is 10.6. The molecule has 2 fully saturated rings. The Labute approximate surface area is 213 Å². The minimum absolute atomic E-state index is 0.0751. The molecule has 1 atom stereocenters. The number of aromatic nitrogens is 1. The van der Waals surface area contributed by atoms with Crippen molar-refractivity contribution in [1.29, 1.82) is 0 Å². The van der Waals surface area contributed by atoms with Crippen LogP contribution in [0.4, 0.5) is 4.79 Å². The predicted molar refractivity (Wildman–Crippen MR) is 136 cm³/mol. The van der Waals surface area contributed by atoms with Gasteiger partial charge in [0.15, 0.2) is 6.10 Å². The number of fused-ring (bicyclic) bond motifs is 1. The first-order valence-electron chi connectivity index (χ1n) is 12.7. The summed E-state index contributed by atoms with van der Waals surface area (Å²) in [6.45, 7) is 8.42. The standard InChI is InChI=1S/C27H39N3O6/c1-27(2,3)36-26(32)29-12-14-35-24(18-29)25(31)30(20-7-8-20)17-19-16-28(11-6-13-33-4)23-10-9-21(34-5)15-22(19)23/h9-10,15-16,20,24H,6-8,11-14,17-18H2,1-5H3/t24-/m1/s1. The van der Waals surface area contributed by atoms with Gasteiger partial charge in [0.1, 0.15) is 11.4 Å². The Morgan fingerprint density at radius 2 is 1.97 bits per heavy atom. The number of morpholine rings is 1. The van der Waals surface area contributed by atoms with E-state index in [1.165, 1.54) is 0 Å². The average molecular weight is 502 g/mol. The van der Waals surface area contributed by atoms with Gasteiger partial charge in [0.2, 0.25) is 0 Å². The Morgan fingerprint density at radius 3 is 2.64 bits per heavy atom. The zero-order chi connectivity index (χ0) is 25.9. The van der Waals surface area contributed by atoms with Crippen LogP contribution in [0.3, 0.4) is 0 Å². The molecule has 1 aliphatic heterocycles. The highest BCUT2D eigenvalue weighted by molar-refractivity contribution is 5.87. The summed E-state index contributed by atoms with van der Waals surface area (Å²) in [6.07, 6.45) is 3.88. The fourth-order valence-electron chi connectivity index (χ4n) is 4.60. The van der Waals surface area contributed by atoms with Crippen LogP contribution in [0.5, 0.6) is 5.75 Å². The Balaban J connectivity index is 1.54. The van der Waals surface area contributed by atoms with Crippen LogP contribution in [0.15, 0.2) is 24.4 Å². The molecular formula is C27H39N3O6. The molecular weight excluding hydrogens is 462 g/mol. The van der Waals surface area contributed by atoms with Gasteiger partial charge in [0.05, 0.1) is 20.3 Å². The molecule has 1 aliphatic carbocycles. The molecule has 1 aromatic heterocycles. The molecule has 1 aromatic carbocycles. The number of amides is 2. The van der Waals surface area contributed by atoms with E-state index < -0.39 is 17.8 Å². The molecule has 9 heteroatoms. The third-order valence-electron chi connectivity index (χ3n) is 6.52. The number of hydrogen-bond donors (Lipinski definition) is 0. The maximum Gasteiger partial charge on any atom is 0.410 e. The molecule has 2 aliphatic rings. The summed E-state index contributed by atoms with van der Waals surface area (Å²) in [5, 5.41) is 1.07. The number of benzene rings is 1. The lowest BCUT2D eigenvalue weighted by Gasteiger charge is -2.35. The summed E-state index contributed by atoms with van der Waals surface area (Å²) in [4.78, 5) is 29.8. The van der Waals surface area contributed by atoms with Crippen molar-refractivity contribution in [3.8, 4) is 5.75 Å². The molecule has 36 heavy (non-hydrogen) atoms. The molecule has 1 saturated carbocycles. The number of carbonyl (C=O) groups is 2. The third kappa shape index (κ3) is 6.31. The molecule has 2 aromatic rings. The van der Waals surface area contributed by atoms with Crippen molar-refractivity contribution in [3.63, 3.8) is 0 Å². The lowest BCUT2D eigenvalue weighted by Crippen LogP contribution is -2.53. The Kier molecular flexibility index (Phi) is 8.10. The quantitative estimate of drug-likeness (QED) is 0.486. The van der Waals surface area contributed by atoms with E-state index in [4.69, 9.17) is 18.9 Å². The lowest BCUT2D eigenvalue weighted by molar-refractivity contribution is -0.150. The smallest absolute Gasteiger partial charge is 0.410 e. The van der Waals surface area contributed by atoms with Gasteiger partial charge in [0, 0.05) is 56.5 Å². The van der Waals surface area contributed by atoms with Crippen molar-refractivity contribution < 1.29 is 28.5 Å². The zero-order valence-electron chi connectivity index (χ0n) is 22.1. The Bertz CT molecular complexity index is 1070. The highest BCUT2D eigenvalue weighted by Gasteiger charge is 2.39. The highest BCUT2D eigenvalue weighted by Crippen LogP contribution is 2.33. The van der Waals surface area contributed by atoms with Crippen LogP contribution in [-0.4, -0.2) is 84.6 Å². The van der Waals surface area contributed by atoms with Gasteiger partial charge < -0.3 is 33.3 Å². The van der Waals surface area contributed by atoms with Gasteiger partial charge in [-0.2, -0.15) is 0 Å². The topological polar surface area (TPSA) is 82.5 Å². The highest BCUT2D eigenvalue weighted by atomic mass is 16.6. The van der Waals surface area contributed by atoms with E-state index in [1.807, 2.05) is 37.8 Å². The summed E-state index contributed by atoms with van der Waals surface area (Å²) >= 11 is 0. The number of hydrogen-bond acceptors (Lipinski definition) is 6. The third-order valence-corrected chi connectivity index (χ3v) is 6.52. The molecule has 1 saturated heterocycles. The van der Waals surface area contributed by atoms with Gasteiger partial charge >= 0.3 is 6.09 Å². The fraction of sp³-hybridized carbons (Fsp3) is 0.630. The number of aryl methyl sites for hydroxylation is 1. The Morgan fingerprint density at radius 1 is 1.19 bits per heavy atom. The van der Waals surface area contributed by atoms with Crippen molar-refractivity contribution >= 4 is 22.9 Å². The molecule has 0 N–H and O–H groups in total. The minimum atomic E-state index is -0.698. The van der Waals surface area contributed by atoms with E-state index in [0.29, 0.717) is 26.3 Å². The fourth-order valence-corrected chi connectivity index (χ4v) is 4.60. The summed E-state index contributed by atoms with van der Waals surface area (Å²) in [5.74, 6) is 0.709. The van der Waals surface area contributed by atoms with Gasteiger partial charge in [-0.25, -0.2) is 4.79 Å². The van der Waals surface area contributed by atoms with Crippen LogP contribution in [-0.2, 0) is 32.1 Å². The van der Waals surface area contributed by atoms with E-state index >= 15 is 0 Å². The average Bonchev–Trinajstić information content (AvgIpc) is 3.64. The molecule has 2 heterocycles. The first kappa shape index (κ1) is 26.3. The second kappa shape index (κ2) is 11.1. The minimum Gasteiger partial charge on any atom is -0.497 e. The maximum atomic E-state index is 13.7. The molecule has 9 nitrogen and oxygen atoms in total. The SMILES string of the molecule is COCCCn1cc(CN(C(=O)[C@H]2CN(C(=O)OC(C)(C)C)CCO2)C2CC2)c2cc(OC)ccc21. The Hall–Kier alpha value is -2.78. The number of methoxy groups -OCH3 is 2. The normalized spacial score (nSPS) is 18.4. The van der Waals surface area contributed by atoms with Gasteiger partial charge in [-0.3, -0.25) is 4.79 Å². The zero-order valence-corrected chi connectivity index (χ0v) is 22.1. The van der Waals surface area contributed by atoms with Crippen LogP contribution < -0.4 is 4.74 Å². The van der Waals surface area contributed by atoms with Gasteiger partial charge in [0.25, 0.3) is 5.91 Å². The van der Waals surface area contributed by atoms with E-state index in [0.717, 1.165) is 48.0 Å². The predicted octanol–water partition coefficient (Wildman–Crippen LogP) is 3.81. The molecule has 0 unspecified atom stereocenters. The molecule has 0 spiro atoms.